The molecule has 4 aliphatic carbocycles. The van der Waals surface area contributed by atoms with Crippen molar-refractivity contribution < 1.29 is 5.11 Å². The van der Waals surface area contributed by atoms with Crippen LogP contribution < -0.4 is 0 Å². The Bertz CT molecular complexity index is 644. The van der Waals surface area contributed by atoms with E-state index in [1.807, 2.05) is 0 Å². The van der Waals surface area contributed by atoms with Crippen LogP contribution in [0, 0.1) is 46.3 Å². The van der Waals surface area contributed by atoms with Crippen molar-refractivity contribution in [2.75, 3.05) is 0 Å². The predicted octanol–water partition coefficient (Wildman–Crippen LogP) is 9.38. The molecule has 32 heavy (non-hydrogen) atoms. The van der Waals surface area contributed by atoms with Gasteiger partial charge in [0.05, 0.1) is 6.10 Å². The molecule has 8 atom stereocenters. The van der Waals surface area contributed by atoms with Gasteiger partial charge in [0.15, 0.2) is 4.30 Å². The lowest BCUT2D eigenvalue weighted by atomic mass is 9.47. The first-order valence-electron chi connectivity index (χ1n) is 13.3. The second-order valence-electron chi connectivity index (χ2n) is 12.4. The first kappa shape index (κ1) is 27.2. The van der Waals surface area contributed by atoms with Gasteiger partial charge >= 0.3 is 0 Å². The minimum Gasteiger partial charge on any atom is -0.393 e. The highest BCUT2D eigenvalue weighted by Crippen LogP contribution is 2.67. The second kappa shape index (κ2) is 11.1. The molecule has 0 aromatic carbocycles. The molecule has 186 valence electrons. The SMILES string of the molecule is CC(C)CCC[C@@H](C)[C@H]1CC[C@H]2[C@@H]3CC=C4C[C@@H](O)CC[C@]4(C)[C@H]3CC[C@]12C.ClC(Cl)Cl. The Morgan fingerprint density at radius 1 is 0.969 bits per heavy atom. The summed E-state index contributed by atoms with van der Waals surface area (Å²) < 4.78 is -0.750. The number of hydrogen-bond acceptors (Lipinski definition) is 1. The quantitative estimate of drug-likeness (QED) is 0.291. The lowest BCUT2D eigenvalue weighted by Gasteiger charge is -2.58. The van der Waals surface area contributed by atoms with E-state index in [2.05, 4.69) is 40.7 Å². The molecule has 0 saturated heterocycles. The molecule has 1 N–H and O–H groups in total. The van der Waals surface area contributed by atoms with Crippen LogP contribution in [0.5, 0.6) is 0 Å². The normalized spacial score (nSPS) is 41.8. The van der Waals surface area contributed by atoms with E-state index in [1.165, 1.54) is 57.8 Å². The molecule has 3 fully saturated rings. The zero-order valence-corrected chi connectivity index (χ0v) is 23.3. The molecule has 0 aliphatic heterocycles. The third-order valence-electron chi connectivity index (χ3n) is 10.3. The van der Waals surface area contributed by atoms with Crippen LogP contribution in [-0.4, -0.2) is 15.5 Å². The van der Waals surface area contributed by atoms with E-state index in [-0.39, 0.29) is 6.10 Å². The fraction of sp³-hybridized carbons (Fsp3) is 0.929. The fourth-order valence-corrected chi connectivity index (χ4v) is 8.67. The van der Waals surface area contributed by atoms with E-state index >= 15 is 0 Å². The van der Waals surface area contributed by atoms with Crippen LogP contribution in [0.25, 0.3) is 0 Å². The molecule has 3 saturated carbocycles. The van der Waals surface area contributed by atoms with E-state index < -0.39 is 4.30 Å². The Morgan fingerprint density at radius 3 is 2.31 bits per heavy atom. The molecular weight excluding hydrogens is 459 g/mol. The smallest absolute Gasteiger partial charge is 0.180 e. The topological polar surface area (TPSA) is 20.2 Å². The number of rotatable bonds is 5. The van der Waals surface area contributed by atoms with Gasteiger partial charge in [-0.05, 0) is 97.7 Å². The second-order valence-corrected chi connectivity index (χ2v) is 14.4. The van der Waals surface area contributed by atoms with Crippen LogP contribution in [0.1, 0.15) is 105 Å². The predicted molar refractivity (Wildman–Crippen MR) is 140 cm³/mol. The van der Waals surface area contributed by atoms with Crippen LogP contribution in [0.4, 0.5) is 0 Å². The lowest BCUT2D eigenvalue weighted by molar-refractivity contribution is -0.0573. The molecule has 4 rings (SSSR count). The van der Waals surface area contributed by atoms with Gasteiger partial charge in [-0.25, -0.2) is 0 Å². The van der Waals surface area contributed by atoms with Crippen molar-refractivity contribution in [1.82, 2.24) is 0 Å². The van der Waals surface area contributed by atoms with Gasteiger partial charge in [0.1, 0.15) is 0 Å². The molecule has 0 bridgehead atoms. The zero-order valence-electron chi connectivity index (χ0n) is 21.1. The van der Waals surface area contributed by atoms with Crippen LogP contribution in [0.2, 0.25) is 0 Å². The van der Waals surface area contributed by atoms with E-state index in [9.17, 15) is 5.11 Å². The van der Waals surface area contributed by atoms with Crippen molar-refractivity contribution in [3.05, 3.63) is 11.6 Å². The Labute approximate surface area is 213 Å². The Morgan fingerprint density at radius 2 is 1.66 bits per heavy atom. The maximum Gasteiger partial charge on any atom is 0.180 e. The first-order valence-corrected chi connectivity index (χ1v) is 14.6. The molecule has 4 heteroatoms. The molecule has 0 amide bonds. The number of halogens is 3. The van der Waals surface area contributed by atoms with E-state index in [4.69, 9.17) is 34.8 Å². The first-order chi connectivity index (χ1) is 15.0. The molecule has 0 aromatic heterocycles. The highest BCUT2D eigenvalue weighted by molar-refractivity contribution is 6.63. The standard InChI is InChI=1S/C27H46O.CHCl3/c1-18(2)7-6-8-19(3)23-11-12-24-22-10-9-20-17-21(28)13-15-26(20,4)25(22)14-16-27(23,24)5;2-1(3)4/h9,18-19,21-25,28H,6-8,10-17H2,1-5H3;1H/t19-,21+,22+,23-,24+,25+,26+,27-;/m1./s1. The fourth-order valence-electron chi connectivity index (χ4n) is 8.67. The number of aliphatic hydroxyl groups is 1. The molecule has 0 aromatic rings. The molecule has 1 nitrogen and oxygen atoms in total. The third-order valence-corrected chi connectivity index (χ3v) is 10.3. The summed E-state index contributed by atoms with van der Waals surface area (Å²) in [5, 5.41) is 10.2. The number of alkyl halides is 3. The van der Waals surface area contributed by atoms with Crippen molar-refractivity contribution in [1.29, 1.82) is 0 Å². The average Bonchev–Trinajstić information content (AvgIpc) is 3.05. The van der Waals surface area contributed by atoms with E-state index in [0.717, 1.165) is 48.3 Å². The molecule has 0 unspecified atom stereocenters. The minimum atomic E-state index is -0.750. The van der Waals surface area contributed by atoms with Gasteiger partial charge in [-0.2, -0.15) is 0 Å². The van der Waals surface area contributed by atoms with Crippen molar-refractivity contribution in [3.63, 3.8) is 0 Å². The van der Waals surface area contributed by atoms with Gasteiger partial charge in [-0.1, -0.05) is 100 Å². The summed E-state index contributed by atoms with van der Waals surface area (Å²) in [4.78, 5) is 0. The molecule has 0 spiro atoms. The van der Waals surface area contributed by atoms with E-state index in [0.29, 0.717) is 10.8 Å². The van der Waals surface area contributed by atoms with Crippen LogP contribution in [-0.2, 0) is 0 Å². The van der Waals surface area contributed by atoms with Gasteiger partial charge in [0, 0.05) is 0 Å². The minimum absolute atomic E-state index is 0.0766. The maximum atomic E-state index is 10.2. The number of allylic oxidation sites excluding steroid dienone is 1. The van der Waals surface area contributed by atoms with Crippen LogP contribution >= 0.6 is 34.8 Å². The van der Waals surface area contributed by atoms with Gasteiger partial charge < -0.3 is 5.11 Å². The largest absolute Gasteiger partial charge is 0.393 e. The summed E-state index contributed by atoms with van der Waals surface area (Å²) in [6, 6.07) is 0. The number of aliphatic hydroxyl groups excluding tert-OH is 1. The monoisotopic (exact) mass is 504 g/mol. The summed E-state index contributed by atoms with van der Waals surface area (Å²) in [7, 11) is 0. The number of hydrogen-bond donors (Lipinski definition) is 1. The maximum absolute atomic E-state index is 10.2. The van der Waals surface area contributed by atoms with Crippen molar-refractivity contribution >= 4 is 34.8 Å². The molecule has 0 radical (unpaired) electrons. The zero-order chi connectivity index (χ0) is 23.7. The summed E-state index contributed by atoms with van der Waals surface area (Å²) in [5.41, 5.74) is 2.60. The van der Waals surface area contributed by atoms with Crippen molar-refractivity contribution in [2.45, 2.75) is 116 Å². The van der Waals surface area contributed by atoms with Gasteiger partial charge in [-0.15, -0.1) is 0 Å². The van der Waals surface area contributed by atoms with Crippen LogP contribution in [0.15, 0.2) is 11.6 Å². The van der Waals surface area contributed by atoms with Crippen molar-refractivity contribution in [2.24, 2.45) is 46.3 Å². The average molecular weight is 506 g/mol. The van der Waals surface area contributed by atoms with E-state index in [1.54, 1.807) is 5.57 Å². The molecule has 4 aliphatic rings. The summed E-state index contributed by atoms with van der Waals surface area (Å²) >= 11 is 14.4. The number of fused-ring (bicyclic) bond motifs is 5. The van der Waals surface area contributed by atoms with Gasteiger partial charge in [-0.3, -0.25) is 0 Å². The van der Waals surface area contributed by atoms with Gasteiger partial charge in [0.25, 0.3) is 0 Å². The van der Waals surface area contributed by atoms with Crippen molar-refractivity contribution in [3.8, 4) is 0 Å². The highest BCUT2D eigenvalue weighted by atomic mass is 35.6. The lowest BCUT2D eigenvalue weighted by Crippen LogP contribution is -2.50. The van der Waals surface area contributed by atoms with Crippen LogP contribution in [0.3, 0.4) is 0 Å². The third kappa shape index (κ3) is 5.68. The summed E-state index contributed by atoms with van der Waals surface area (Å²) in [6.45, 7) is 12.6. The Hall–Kier alpha value is 0.570. The Kier molecular flexibility index (Phi) is 9.42. The highest BCUT2D eigenvalue weighted by Gasteiger charge is 2.59. The summed E-state index contributed by atoms with van der Waals surface area (Å²) in [6.07, 6.45) is 17.2. The molecule has 0 heterocycles. The Balaban J connectivity index is 0.000000668. The summed E-state index contributed by atoms with van der Waals surface area (Å²) in [5.74, 6) is 5.46. The molecular formula is C28H47Cl3O. The van der Waals surface area contributed by atoms with Gasteiger partial charge in [0.2, 0.25) is 0 Å².